The third kappa shape index (κ3) is 5.39. The van der Waals surface area contributed by atoms with Crippen molar-refractivity contribution in [2.45, 2.75) is 0 Å². The Morgan fingerprint density at radius 3 is 1.57 bits per heavy atom. The van der Waals surface area contributed by atoms with Gasteiger partial charge in [-0.25, -0.2) is 0 Å². The molecule has 0 saturated carbocycles. The molecule has 1 atom stereocenters. The van der Waals surface area contributed by atoms with Crippen molar-refractivity contribution < 1.29 is 4.89 Å². The lowest BCUT2D eigenvalue weighted by atomic mass is 9.96. The molecular weight excluding hydrogens is 365 g/mol. The van der Waals surface area contributed by atoms with Gasteiger partial charge in [-0.2, -0.15) is 5.26 Å². The van der Waals surface area contributed by atoms with Gasteiger partial charge in [0.25, 0.3) is 0 Å². The summed E-state index contributed by atoms with van der Waals surface area (Å²) in [6.45, 7) is 1.62. The summed E-state index contributed by atoms with van der Waals surface area (Å²) in [5, 5.41) is 9.70. The Morgan fingerprint density at radius 1 is 0.893 bits per heavy atom. The third-order valence-electron chi connectivity index (χ3n) is 4.43. The van der Waals surface area contributed by atoms with Crippen LogP contribution in [0.3, 0.4) is 0 Å². The summed E-state index contributed by atoms with van der Waals surface area (Å²) in [5.74, 6) is 0. The molecule has 0 saturated heterocycles. The van der Waals surface area contributed by atoms with Crippen LogP contribution in [0.25, 0.3) is 5.57 Å². The standard InChI is InChI=1S/C23H28N3OP/c1-25(2)20-11-7-18(8-12-20)23(16-15-22(17-24)28(5,6)27)19-9-13-21(14-10-19)26(3)4/h7-16,27H,5H2,1-4,6H3/b22-15+. The van der Waals surface area contributed by atoms with E-state index in [4.69, 9.17) is 0 Å². The van der Waals surface area contributed by atoms with Crippen LogP contribution < -0.4 is 9.80 Å². The highest BCUT2D eigenvalue weighted by atomic mass is 31.2. The number of rotatable bonds is 6. The average Bonchev–Trinajstić information content (AvgIpc) is 2.64. The molecule has 0 aliphatic heterocycles. The first-order chi connectivity index (χ1) is 13.1. The highest BCUT2D eigenvalue weighted by Gasteiger charge is 2.10. The number of allylic oxidation sites excluding steroid dienone is 3. The van der Waals surface area contributed by atoms with E-state index in [9.17, 15) is 10.2 Å². The largest absolute Gasteiger partial charge is 0.378 e. The molecule has 0 aliphatic carbocycles. The number of nitriles is 1. The summed E-state index contributed by atoms with van der Waals surface area (Å²) in [6.07, 6.45) is 7.35. The maximum absolute atomic E-state index is 10.2. The summed E-state index contributed by atoms with van der Waals surface area (Å²) in [5.41, 5.74) is 5.30. The van der Waals surface area contributed by atoms with Gasteiger partial charge in [-0.1, -0.05) is 36.6 Å². The fraction of sp³-hybridized carbons (Fsp3) is 0.217. The summed E-state index contributed by atoms with van der Waals surface area (Å²) >= 11 is 0. The minimum absolute atomic E-state index is 0.319. The van der Waals surface area contributed by atoms with Crippen LogP contribution in [-0.2, 0) is 0 Å². The second-order valence-electron chi connectivity index (χ2n) is 7.27. The van der Waals surface area contributed by atoms with Crippen LogP contribution in [0.15, 0.2) is 66.0 Å². The van der Waals surface area contributed by atoms with E-state index in [2.05, 4.69) is 70.7 Å². The molecule has 0 aromatic heterocycles. The molecule has 0 fully saturated rings. The molecule has 2 aromatic carbocycles. The number of anilines is 2. The molecule has 1 N–H and O–H groups in total. The fourth-order valence-electron chi connectivity index (χ4n) is 2.71. The summed E-state index contributed by atoms with van der Waals surface area (Å²) < 4.78 is 0. The number of benzene rings is 2. The van der Waals surface area contributed by atoms with Gasteiger partial charge in [-0.15, -0.1) is 0 Å². The van der Waals surface area contributed by atoms with E-state index >= 15 is 0 Å². The van der Waals surface area contributed by atoms with Crippen LogP contribution >= 0.6 is 7.11 Å². The molecule has 28 heavy (non-hydrogen) atoms. The topological polar surface area (TPSA) is 50.5 Å². The van der Waals surface area contributed by atoms with Crippen molar-refractivity contribution in [1.29, 1.82) is 5.26 Å². The molecule has 0 bridgehead atoms. The normalized spacial score (nSPS) is 13.2. The van der Waals surface area contributed by atoms with E-state index in [0.29, 0.717) is 5.31 Å². The van der Waals surface area contributed by atoms with Crippen molar-refractivity contribution in [3.8, 4) is 6.07 Å². The van der Waals surface area contributed by atoms with E-state index in [-0.39, 0.29) is 0 Å². The molecule has 2 aromatic rings. The van der Waals surface area contributed by atoms with E-state index in [0.717, 1.165) is 28.1 Å². The van der Waals surface area contributed by atoms with E-state index < -0.39 is 7.11 Å². The summed E-state index contributed by atoms with van der Waals surface area (Å²) in [4.78, 5) is 14.3. The first-order valence-electron chi connectivity index (χ1n) is 8.95. The van der Waals surface area contributed by atoms with Crippen LogP contribution in [-0.4, -0.2) is 46.0 Å². The van der Waals surface area contributed by atoms with Gasteiger partial charge in [0.15, 0.2) is 0 Å². The number of hydrogen-bond acceptors (Lipinski definition) is 4. The minimum atomic E-state index is -2.61. The molecule has 1 unspecified atom stereocenters. The van der Waals surface area contributed by atoms with Gasteiger partial charge >= 0.3 is 0 Å². The Bertz CT molecular complexity index is 903. The Morgan fingerprint density at radius 2 is 1.29 bits per heavy atom. The molecule has 0 spiro atoms. The first kappa shape index (κ1) is 21.6. The highest BCUT2D eigenvalue weighted by molar-refractivity contribution is 7.71. The van der Waals surface area contributed by atoms with Crippen LogP contribution in [0.5, 0.6) is 0 Å². The molecule has 4 nitrogen and oxygen atoms in total. The van der Waals surface area contributed by atoms with Crippen LogP contribution in [0.2, 0.25) is 0 Å². The maximum atomic E-state index is 10.2. The Balaban J connectivity index is 2.58. The van der Waals surface area contributed by atoms with Crippen molar-refractivity contribution in [2.24, 2.45) is 0 Å². The fourth-order valence-corrected chi connectivity index (χ4v) is 3.32. The number of hydrogen-bond donors (Lipinski definition) is 1. The van der Waals surface area contributed by atoms with E-state index in [1.165, 1.54) is 0 Å². The first-order valence-corrected chi connectivity index (χ1v) is 11.3. The lowest BCUT2D eigenvalue weighted by molar-refractivity contribution is 0.634. The molecule has 0 aliphatic rings. The SMILES string of the molecule is C=P(C)(O)/C(C#N)=C/C=C(c1ccc(N(C)C)cc1)c1ccc(N(C)C)cc1. The Labute approximate surface area is 168 Å². The molecule has 0 heterocycles. The highest BCUT2D eigenvalue weighted by Crippen LogP contribution is 2.44. The zero-order chi connectivity index (χ0) is 20.9. The van der Waals surface area contributed by atoms with Crippen molar-refractivity contribution in [3.05, 3.63) is 77.1 Å². The molecule has 0 radical (unpaired) electrons. The van der Waals surface area contributed by atoms with Gasteiger partial charge in [0.05, 0.1) is 5.31 Å². The minimum Gasteiger partial charge on any atom is -0.378 e. The van der Waals surface area contributed by atoms with E-state index in [1.807, 2.05) is 34.3 Å². The van der Waals surface area contributed by atoms with Gasteiger partial charge < -0.3 is 14.7 Å². The number of nitrogens with zero attached hydrogens (tertiary/aromatic N) is 3. The van der Waals surface area contributed by atoms with Crippen molar-refractivity contribution in [2.75, 3.05) is 44.7 Å². The van der Waals surface area contributed by atoms with Crippen molar-refractivity contribution >= 4 is 30.4 Å². The lowest BCUT2D eigenvalue weighted by Crippen LogP contribution is -2.08. The zero-order valence-corrected chi connectivity index (χ0v) is 18.1. The Hall–Kier alpha value is -2.73. The predicted molar refractivity (Wildman–Crippen MR) is 124 cm³/mol. The van der Waals surface area contributed by atoms with Gasteiger partial charge in [0.1, 0.15) is 6.07 Å². The van der Waals surface area contributed by atoms with Gasteiger partial charge in [0.2, 0.25) is 0 Å². The summed E-state index contributed by atoms with van der Waals surface area (Å²) in [7, 11) is 5.42. The van der Waals surface area contributed by atoms with Crippen LogP contribution in [0, 0.1) is 11.3 Å². The van der Waals surface area contributed by atoms with Crippen molar-refractivity contribution in [3.63, 3.8) is 0 Å². The van der Waals surface area contributed by atoms with Crippen LogP contribution in [0.4, 0.5) is 11.4 Å². The van der Waals surface area contributed by atoms with Gasteiger partial charge in [0, 0.05) is 46.7 Å². The smallest absolute Gasteiger partial charge is 0.102 e. The third-order valence-corrected chi connectivity index (χ3v) is 5.72. The molecule has 5 heteroatoms. The average molecular weight is 393 g/mol. The summed E-state index contributed by atoms with van der Waals surface area (Å²) in [6, 6.07) is 18.6. The molecule has 2 rings (SSSR count). The quantitative estimate of drug-likeness (QED) is 0.441. The monoisotopic (exact) mass is 393 g/mol. The maximum Gasteiger partial charge on any atom is 0.102 e. The second kappa shape index (κ2) is 8.97. The van der Waals surface area contributed by atoms with Gasteiger partial charge in [-0.3, -0.25) is 0 Å². The van der Waals surface area contributed by atoms with Crippen molar-refractivity contribution in [1.82, 2.24) is 0 Å². The predicted octanol–water partition coefficient (Wildman–Crippen LogP) is 4.64. The van der Waals surface area contributed by atoms with E-state index in [1.54, 1.807) is 12.7 Å². The lowest BCUT2D eigenvalue weighted by Gasteiger charge is -2.16. The molecule has 0 amide bonds. The van der Waals surface area contributed by atoms with Crippen LogP contribution in [0.1, 0.15) is 11.1 Å². The Kier molecular flexibility index (Phi) is 6.91. The second-order valence-corrected chi connectivity index (χ2v) is 10.0. The molecular formula is C23H28N3OP. The van der Waals surface area contributed by atoms with Gasteiger partial charge in [-0.05, 0) is 53.7 Å². The zero-order valence-electron chi connectivity index (χ0n) is 17.2. The molecule has 146 valence electrons.